The lowest BCUT2D eigenvalue weighted by molar-refractivity contribution is -0.154. The highest BCUT2D eigenvalue weighted by molar-refractivity contribution is 5.92. The lowest BCUT2D eigenvalue weighted by atomic mass is 10.1. The summed E-state index contributed by atoms with van der Waals surface area (Å²) < 4.78 is 41.5. The van der Waals surface area contributed by atoms with Gasteiger partial charge in [-0.15, -0.1) is 0 Å². The Labute approximate surface area is 155 Å². The lowest BCUT2D eigenvalue weighted by Crippen LogP contribution is -2.28. The molecule has 0 aliphatic carbocycles. The topological polar surface area (TPSA) is 77.0 Å². The number of pyridine rings is 1. The van der Waals surface area contributed by atoms with E-state index < -0.39 is 18.8 Å². The lowest BCUT2D eigenvalue weighted by Gasteiger charge is -2.16. The molecular formula is C18H21F3N4O2. The summed E-state index contributed by atoms with van der Waals surface area (Å²) in [6.45, 7) is 5.63. The van der Waals surface area contributed by atoms with Gasteiger partial charge in [0.15, 0.2) is 6.61 Å². The van der Waals surface area contributed by atoms with E-state index in [9.17, 15) is 18.0 Å². The van der Waals surface area contributed by atoms with Crippen molar-refractivity contribution in [2.45, 2.75) is 46.3 Å². The first-order valence-corrected chi connectivity index (χ1v) is 8.40. The van der Waals surface area contributed by atoms with Crippen molar-refractivity contribution in [1.29, 1.82) is 0 Å². The molecule has 1 unspecified atom stereocenters. The summed E-state index contributed by atoms with van der Waals surface area (Å²) in [5, 5.41) is 2.80. The average molecular weight is 382 g/mol. The number of aryl methyl sites for hydroxylation is 3. The van der Waals surface area contributed by atoms with Gasteiger partial charge in [0, 0.05) is 23.9 Å². The molecular weight excluding hydrogens is 361 g/mol. The molecule has 6 nitrogen and oxygen atoms in total. The van der Waals surface area contributed by atoms with E-state index in [-0.39, 0.29) is 17.5 Å². The van der Waals surface area contributed by atoms with Crippen LogP contribution in [-0.2, 0) is 6.42 Å². The van der Waals surface area contributed by atoms with E-state index in [1.54, 1.807) is 32.9 Å². The molecule has 27 heavy (non-hydrogen) atoms. The van der Waals surface area contributed by atoms with Crippen LogP contribution in [0.2, 0.25) is 0 Å². The van der Waals surface area contributed by atoms with Crippen LogP contribution in [-0.4, -0.2) is 33.6 Å². The van der Waals surface area contributed by atoms with Crippen molar-refractivity contribution < 1.29 is 22.7 Å². The number of ether oxygens (including phenoxy) is 1. The largest absolute Gasteiger partial charge is 0.468 e. The van der Waals surface area contributed by atoms with Gasteiger partial charge in [-0.05, 0) is 38.5 Å². The highest BCUT2D eigenvalue weighted by Crippen LogP contribution is 2.22. The maximum Gasteiger partial charge on any atom is 0.422 e. The van der Waals surface area contributed by atoms with Crippen molar-refractivity contribution in [3.63, 3.8) is 0 Å². The molecule has 2 aromatic rings. The van der Waals surface area contributed by atoms with E-state index in [0.29, 0.717) is 29.1 Å². The third kappa shape index (κ3) is 5.90. The Morgan fingerprint density at radius 1 is 1.26 bits per heavy atom. The Bertz CT molecular complexity index is 825. The van der Waals surface area contributed by atoms with E-state index in [2.05, 4.69) is 25.0 Å². The van der Waals surface area contributed by atoms with E-state index in [0.717, 1.165) is 0 Å². The number of halogens is 3. The third-order valence-corrected chi connectivity index (χ3v) is 3.72. The van der Waals surface area contributed by atoms with Gasteiger partial charge in [0.05, 0.1) is 6.04 Å². The van der Waals surface area contributed by atoms with Gasteiger partial charge in [-0.1, -0.05) is 6.92 Å². The minimum atomic E-state index is -4.43. The minimum absolute atomic E-state index is 0.0892. The number of carbonyl (C=O) groups is 1. The fourth-order valence-electron chi connectivity index (χ4n) is 2.38. The first-order chi connectivity index (χ1) is 12.6. The highest BCUT2D eigenvalue weighted by atomic mass is 19.4. The quantitative estimate of drug-likeness (QED) is 0.828. The Hall–Kier alpha value is -2.71. The Kier molecular flexibility index (Phi) is 6.35. The van der Waals surface area contributed by atoms with Crippen molar-refractivity contribution in [3.8, 4) is 5.88 Å². The number of aromatic nitrogens is 3. The fraction of sp³-hybridized carbons (Fsp3) is 0.444. The number of alkyl halides is 3. The Morgan fingerprint density at radius 2 is 1.96 bits per heavy atom. The van der Waals surface area contributed by atoms with Crippen LogP contribution in [0, 0.1) is 13.8 Å². The number of rotatable bonds is 6. The smallest absolute Gasteiger partial charge is 0.422 e. The average Bonchev–Trinajstić information content (AvgIpc) is 2.59. The normalized spacial score (nSPS) is 12.6. The second-order valence-corrected chi connectivity index (χ2v) is 6.15. The second-order valence-electron chi connectivity index (χ2n) is 6.15. The first-order valence-electron chi connectivity index (χ1n) is 8.40. The van der Waals surface area contributed by atoms with Gasteiger partial charge in [-0.3, -0.25) is 4.79 Å². The standard InChI is InChI=1S/C18H21F3N4O2/c1-5-15-23-11(3)7-14(25-15)16(26)24-12(4)13-6-10(2)17(22-8-13)27-9-18(19,20)21/h6-8,12H,5,9H2,1-4H3,(H,24,26). The van der Waals surface area contributed by atoms with Crippen molar-refractivity contribution in [3.05, 3.63) is 46.7 Å². The maximum atomic E-state index is 12.4. The predicted molar refractivity (Wildman–Crippen MR) is 92.6 cm³/mol. The first kappa shape index (κ1) is 20.6. The van der Waals surface area contributed by atoms with Gasteiger partial charge in [-0.25, -0.2) is 15.0 Å². The molecule has 9 heteroatoms. The molecule has 1 amide bonds. The van der Waals surface area contributed by atoms with E-state index in [1.165, 1.54) is 6.20 Å². The number of hydrogen-bond donors (Lipinski definition) is 1. The number of nitrogens with one attached hydrogen (secondary N) is 1. The van der Waals surface area contributed by atoms with Gasteiger partial charge >= 0.3 is 6.18 Å². The maximum absolute atomic E-state index is 12.4. The van der Waals surface area contributed by atoms with Crippen molar-refractivity contribution >= 4 is 5.91 Å². The zero-order valence-electron chi connectivity index (χ0n) is 15.5. The molecule has 0 aromatic carbocycles. The summed E-state index contributed by atoms with van der Waals surface area (Å²) >= 11 is 0. The van der Waals surface area contributed by atoms with Crippen LogP contribution >= 0.6 is 0 Å². The number of carbonyl (C=O) groups excluding carboxylic acids is 1. The van der Waals surface area contributed by atoms with Gasteiger partial charge < -0.3 is 10.1 Å². The molecule has 0 fully saturated rings. The number of nitrogens with zero attached hydrogens (tertiary/aromatic N) is 3. The fourth-order valence-corrected chi connectivity index (χ4v) is 2.38. The zero-order chi connectivity index (χ0) is 20.2. The van der Waals surface area contributed by atoms with Gasteiger partial charge in [-0.2, -0.15) is 13.2 Å². The van der Waals surface area contributed by atoms with Gasteiger partial charge in [0.25, 0.3) is 5.91 Å². The molecule has 146 valence electrons. The highest BCUT2D eigenvalue weighted by Gasteiger charge is 2.29. The Morgan fingerprint density at radius 3 is 2.56 bits per heavy atom. The van der Waals surface area contributed by atoms with E-state index >= 15 is 0 Å². The molecule has 0 aliphatic rings. The van der Waals surface area contributed by atoms with Crippen LogP contribution in [0.5, 0.6) is 5.88 Å². The van der Waals surface area contributed by atoms with Gasteiger partial charge in [0.2, 0.25) is 5.88 Å². The van der Waals surface area contributed by atoms with E-state index in [4.69, 9.17) is 0 Å². The second kappa shape index (κ2) is 8.32. The molecule has 2 rings (SSSR count). The summed E-state index contributed by atoms with van der Waals surface area (Å²) in [5.41, 5.74) is 2.05. The summed E-state index contributed by atoms with van der Waals surface area (Å²) in [6, 6.07) is 2.81. The molecule has 0 bridgehead atoms. The number of amides is 1. The van der Waals surface area contributed by atoms with Crippen LogP contribution in [0.3, 0.4) is 0 Å². The minimum Gasteiger partial charge on any atom is -0.468 e. The molecule has 0 saturated heterocycles. The summed E-state index contributed by atoms with van der Waals surface area (Å²) in [5.74, 6) is 0.128. The molecule has 0 saturated carbocycles. The summed E-state index contributed by atoms with van der Waals surface area (Å²) in [4.78, 5) is 24.8. The SMILES string of the molecule is CCc1nc(C)cc(C(=O)NC(C)c2cnc(OCC(F)(F)F)c(C)c2)n1. The molecule has 0 radical (unpaired) electrons. The third-order valence-electron chi connectivity index (χ3n) is 3.72. The molecule has 2 aromatic heterocycles. The summed E-state index contributed by atoms with van der Waals surface area (Å²) in [7, 11) is 0. The molecule has 0 aliphatic heterocycles. The predicted octanol–water partition coefficient (Wildman–Crippen LogP) is 3.48. The zero-order valence-corrected chi connectivity index (χ0v) is 15.5. The van der Waals surface area contributed by atoms with Crippen molar-refractivity contribution in [1.82, 2.24) is 20.3 Å². The molecule has 2 heterocycles. The van der Waals surface area contributed by atoms with Crippen molar-refractivity contribution in [2.75, 3.05) is 6.61 Å². The summed E-state index contributed by atoms with van der Waals surface area (Å²) in [6.07, 6.45) is -2.44. The van der Waals surface area contributed by atoms with Crippen LogP contribution in [0.4, 0.5) is 13.2 Å². The van der Waals surface area contributed by atoms with Gasteiger partial charge in [0.1, 0.15) is 11.5 Å². The monoisotopic (exact) mass is 382 g/mol. The van der Waals surface area contributed by atoms with Crippen LogP contribution < -0.4 is 10.1 Å². The van der Waals surface area contributed by atoms with Crippen LogP contribution in [0.25, 0.3) is 0 Å². The van der Waals surface area contributed by atoms with Crippen molar-refractivity contribution in [2.24, 2.45) is 0 Å². The van der Waals surface area contributed by atoms with Crippen LogP contribution in [0.1, 0.15) is 53.0 Å². The van der Waals surface area contributed by atoms with E-state index in [1.807, 2.05) is 6.92 Å². The van der Waals surface area contributed by atoms with Crippen LogP contribution in [0.15, 0.2) is 18.3 Å². The number of hydrogen-bond acceptors (Lipinski definition) is 5. The molecule has 0 spiro atoms. The molecule has 1 N–H and O–H groups in total. The molecule has 1 atom stereocenters. The Balaban J connectivity index is 2.09.